The molecule has 1 aromatic carbocycles. The molecule has 0 saturated carbocycles. The normalized spacial score (nSPS) is 9.46. The number of benzene rings is 1. The van der Waals surface area contributed by atoms with E-state index in [0.29, 0.717) is 11.8 Å². The first-order valence-corrected chi connectivity index (χ1v) is 3.79. The molecule has 0 heterocycles. The minimum atomic E-state index is -1.89. The van der Waals surface area contributed by atoms with Crippen molar-refractivity contribution >= 4 is 25.2 Å². The van der Waals surface area contributed by atoms with E-state index in [2.05, 4.69) is 4.65 Å². The van der Waals surface area contributed by atoms with Crippen LogP contribution in [0.1, 0.15) is 10.4 Å². The lowest BCUT2D eigenvalue weighted by Crippen LogP contribution is -2.20. The lowest BCUT2D eigenvalue weighted by Gasteiger charge is -2.04. The monoisotopic (exact) mass is 200 g/mol. The number of aldehydes is 1. The van der Waals surface area contributed by atoms with Gasteiger partial charge < -0.3 is 14.7 Å². The number of carbonyl (C=O) groups excluding carboxylic acids is 1. The van der Waals surface area contributed by atoms with Crippen molar-refractivity contribution in [3.8, 4) is 5.75 Å². The molecule has 1 rings (SSSR count). The maximum atomic E-state index is 10.3. The molecule has 0 radical (unpaired) electrons. The van der Waals surface area contributed by atoms with Crippen LogP contribution in [0.5, 0.6) is 5.75 Å². The van der Waals surface area contributed by atoms with Gasteiger partial charge in [-0.25, -0.2) is 0 Å². The van der Waals surface area contributed by atoms with E-state index in [1.807, 2.05) is 0 Å². The molecule has 0 atom stereocenters. The summed E-state index contributed by atoms with van der Waals surface area (Å²) >= 11 is 5.64. The van der Waals surface area contributed by atoms with Gasteiger partial charge >= 0.3 is 7.32 Å². The minimum absolute atomic E-state index is 0.186. The predicted molar refractivity (Wildman–Crippen MR) is 47.7 cm³/mol. The molecule has 0 unspecified atom stereocenters. The van der Waals surface area contributed by atoms with E-state index in [0.717, 1.165) is 0 Å². The minimum Gasteiger partial charge on any atom is -0.512 e. The number of halogens is 1. The molecule has 0 aliphatic rings. The van der Waals surface area contributed by atoms with Gasteiger partial charge in [0, 0.05) is 5.56 Å². The summed E-state index contributed by atoms with van der Waals surface area (Å²) < 4.78 is 4.51. The first-order valence-electron chi connectivity index (χ1n) is 3.41. The summed E-state index contributed by atoms with van der Waals surface area (Å²) in [5.41, 5.74) is 0.321. The van der Waals surface area contributed by atoms with E-state index in [1.54, 1.807) is 0 Å². The molecule has 4 nitrogen and oxygen atoms in total. The SMILES string of the molecule is O=Cc1ccc(OB(O)O)cc1Cl. The number of hydrogen-bond acceptors (Lipinski definition) is 4. The molecular weight excluding hydrogens is 194 g/mol. The average molecular weight is 200 g/mol. The zero-order valence-electron chi connectivity index (χ0n) is 6.48. The molecule has 0 aromatic heterocycles. The molecule has 2 N–H and O–H groups in total. The summed E-state index contributed by atoms with van der Waals surface area (Å²) in [7, 11) is -1.89. The van der Waals surface area contributed by atoms with Crippen molar-refractivity contribution < 1.29 is 19.5 Å². The van der Waals surface area contributed by atoms with Crippen molar-refractivity contribution in [1.82, 2.24) is 0 Å². The Morgan fingerprint density at radius 1 is 1.46 bits per heavy atom. The molecule has 0 fully saturated rings. The second kappa shape index (κ2) is 4.27. The smallest absolute Gasteiger partial charge is 0.512 e. The van der Waals surface area contributed by atoms with Crippen LogP contribution in [0.2, 0.25) is 5.02 Å². The third kappa shape index (κ3) is 2.73. The fraction of sp³-hybridized carbons (Fsp3) is 0. The summed E-state index contributed by atoms with van der Waals surface area (Å²) in [5, 5.41) is 17.1. The third-order valence-electron chi connectivity index (χ3n) is 1.34. The summed E-state index contributed by atoms with van der Waals surface area (Å²) in [6.45, 7) is 0. The van der Waals surface area contributed by atoms with Gasteiger partial charge in [-0.3, -0.25) is 4.79 Å². The lowest BCUT2D eigenvalue weighted by atomic mass is 10.2. The molecular formula is C7H6BClO4. The highest BCUT2D eigenvalue weighted by Crippen LogP contribution is 2.21. The van der Waals surface area contributed by atoms with Gasteiger partial charge in [0.1, 0.15) is 5.75 Å². The van der Waals surface area contributed by atoms with Crippen molar-refractivity contribution in [2.45, 2.75) is 0 Å². The predicted octanol–water partition coefficient (Wildman–Crippen LogP) is 0.501. The summed E-state index contributed by atoms with van der Waals surface area (Å²) in [6.07, 6.45) is 0.599. The largest absolute Gasteiger partial charge is 0.707 e. The van der Waals surface area contributed by atoms with Crippen molar-refractivity contribution in [2.24, 2.45) is 0 Å². The summed E-state index contributed by atoms with van der Waals surface area (Å²) in [4.78, 5) is 10.3. The highest BCUT2D eigenvalue weighted by molar-refractivity contribution is 6.34. The molecule has 6 heteroatoms. The van der Waals surface area contributed by atoms with E-state index in [1.165, 1.54) is 18.2 Å². The Kier molecular flexibility index (Phi) is 3.30. The Bertz CT molecular complexity index is 315. The van der Waals surface area contributed by atoms with Crippen LogP contribution >= 0.6 is 11.6 Å². The lowest BCUT2D eigenvalue weighted by molar-refractivity contribution is 0.112. The maximum Gasteiger partial charge on any atom is 0.707 e. The van der Waals surface area contributed by atoms with Crippen LogP contribution in [0.4, 0.5) is 0 Å². The molecule has 0 bridgehead atoms. The topological polar surface area (TPSA) is 66.8 Å². The van der Waals surface area contributed by atoms with Gasteiger partial charge in [-0.05, 0) is 18.2 Å². The Labute approximate surface area is 79.9 Å². The molecule has 0 amide bonds. The second-order valence-corrected chi connectivity index (χ2v) is 2.65. The fourth-order valence-electron chi connectivity index (χ4n) is 0.798. The Hall–Kier alpha value is -1.04. The van der Waals surface area contributed by atoms with Crippen LogP contribution < -0.4 is 4.65 Å². The number of hydrogen-bond donors (Lipinski definition) is 2. The van der Waals surface area contributed by atoms with Gasteiger partial charge in [-0.1, -0.05) is 11.6 Å². The third-order valence-corrected chi connectivity index (χ3v) is 1.67. The van der Waals surface area contributed by atoms with E-state index in [9.17, 15) is 4.79 Å². The van der Waals surface area contributed by atoms with Crippen LogP contribution in [0.3, 0.4) is 0 Å². The standard InChI is InChI=1S/C7H6BClO4/c9-7-3-6(13-8(11)12)2-1-5(7)4-10/h1-4,11-12H. The Morgan fingerprint density at radius 3 is 2.62 bits per heavy atom. The van der Waals surface area contributed by atoms with Crippen LogP contribution in [-0.4, -0.2) is 23.7 Å². The van der Waals surface area contributed by atoms with Crippen LogP contribution in [-0.2, 0) is 0 Å². The summed E-state index contributed by atoms with van der Waals surface area (Å²) in [6, 6.07) is 4.16. The van der Waals surface area contributed by atoms with Crippen molar-refractivity contribution in [3.63, 3.8) is 0 Å². The van der Waals surface area contributed by atoms with Crippen molar-refractivity contribution in [1.29, 1.82) is 0 Å². The van der Waals surface area contributed by atoms with Crippen molar-refractivity contribution in [3.05, 3.63) is 28.8 Å². The fourth-order valence-corrected chi connectivity index (χ4v) is 1.01. The highest BCUT2D eigenvalue weighted by atomic mass is 35.5. The van der Waals surface area contributed by atoms with Gasteiger partial charge in [0.15, 0.2) is 6.29 Å². The molecule has 68 valence electrons. The molecule has 0 spiro atoms. The van der Waals surface area contributed by atoms with Gasteiger partial charge in [0.25, 0.3) is 0 Å². The van der Waals surface area contributed by atoms with Gasteiger partial charge in [-0.2, -0.15) is 0 Å². The first-order chi connectivity index (χ1) is 6.13. The quantitative estimate of drug-likeness (QED) is 0.551. The van der Waals surface area contributed by atoms with E-state index >= 15 is 0 Å². The van der Waals surface area contributed by atoms with Gasteiger partial charge in [-0.15, -0.1) is 0 Å². The maximum absolute atomic E-state index is 10.3. The first kappa shape index (κ1) is 10.0. The van der Waals surface area contributed by atoms with Gasteiger partial charge in [0.2, 0.25) is 0 Å². The van der Waals surface area contributed by atoms with Crippen LogP contribution in [0.25, 0.3) is 0 Å². The Balaban J connectivity index is 2.89. The second-order valence-electron chi connectivity index (χ2n) is 2.25. The van der Waals surface area contributed by atoms with Crippen LogP contribution in [0, 0.1) is 0 Å². The Morgan fingerprint density at radius 2 is 2.15 bits per heavy atom. The highest BCUT2D eigenvalue weighted by Gasteiger charge is 2.11. The molecule has 0 saturated heterocycles. The zero-order valence-corrected chi connectivity index (χ0v) is 7.23. The van der Waals surface area contributed by atoms with Gasteiger partial charge in [0.05, 0.1) is 5.02 Å². The van der Waals surface area contributed by atoms with E-state index < -0.39 is 7.32 Å². The molecule has 0 aliphatic heterocycles. The van der Waals surface area contributed by atoms with Crippen molar-refractivity contribution in [2.75, 3.05) is 0 Å². The number of carbonyl (C=O) groups is 1. The van der Waals surface area contributed by atoms with Crippen LogP contribution in [0.15, 0.2) is 18.2 Å². The average Bonchev–Trinajstić information content (AvgIpc) is 2.03. The number of rotatable bonds is 3. The van der Waals surface area contributed by atoms with E-state index in [-0.39, 0.29) is 10.8 Å². The van der Waals surface area contributed by atoms with E-state index in [4.69, 9.17) is 21.6 Å². The zero-order chi connectivity index (χ0) is 9.84. The molecule has 1 aromatic rings. The summed E-state index contributed by atoms with van der Waals surface area (Å²) in [5.74, 6) is 0.186. The molecule has 0 aliphatic carbocycles. The molecule has 13 heavy (non-hydrogen) atoms.